The van der Waals surface area contributed by atoms with Crippen LogP contribution in [0.15, 0.2) is 0 Å². The fourth-order valence-electron chi connectivity index (χ4n) is 2.76. The molecule has 0 aromatic rings. The quantitative estimate of drug-likeness (QED) is 0.660. The average Bonchev–Trinajstić information content (AvgIpc) is 2.19. The molecule has 0 radical (unpaired) electrons. The third-order valence-corrected chi connectivity index (χ3v) is 3.90. The summed E-state index contributed by atoms with van der Waals surface area (Å²) >= 11 is 0. The summed E-state index contributed by atoms with van der Waals surface area (Å²) in [4.78, 5) is 0. The molecule has 1 fully saturated rings. The number of nitrogens with zero attached hydrogens (tertiary/aromatic N) is 1. The van der Waals surface area contributed by atoms with Crippen molar-refractivity contribution < 1.29 is 0 Å². The summed E-state index contributed by atoms with van der Waals surface area (Å²) in [6.07, 6.45) is 7.07. The highest BCUT2D eigenvalue weighted by Gasteiger charge is 2.35. The summed E-state index contributed by atoms with van der Waals surface area (Å²) in [5.41, 5.74) is 0.0418. The normalized spacial score (nSPS) is 32.9. The lowest BCUT2D eigenvalue weighted by molar-refractivity contribution is 0.165. The molecule has 1 rings (SSSR count). The Labute approximate surface area is 88.5 Å². The molecular weight excluding hydrogens is 170 g/mol. The van der Waals surface area contributed by atoms with E-state index in [1.54, 1.807) is 0 Å². The first-order chi connectivity index (χ1) is 6.63. The SMILES string of the molecule is CCCC1(C#N)CCC(C(C)C)CC1. The molecule has 1 saturated carbocycles. The molecule has 0 amide bonds. The van der Waals surface area contributed by atoms with Gasteiger partial charge in [0.25, 0.3) is 0 Å². The summed E-state index contributed by atoms with van der Waals surface area (Å²) in [5.74, 6) is 1.67. The monoisotopic (exact) mass is 193 g/mol. The fourth-order valence-corrected chi connectivity index (χ4v) is 2.76. The minimum absolute atomic E-state index is 0.0418. The Kier molecular flexibility index (Phi) is 3.98. The van der Waals surface area contributed by atoms with E-state index < -0.39 is 0 Å². The molecule has 0 aromatic carbocycles. The number of hydrogen-bond donors (Lipinski definition) is 0. The highest BCUT2D eigenvalue weighted by molar-refractivity contribution is 5.01. The lowest BCUT2D eigenvalue weighted by atomic mass is 9.67. The van der Waals surface area contributed by atoms with Gasteiger partial charge in [0.05, 0.1) is 11.5 Å². The van der Waals surface area contributed by atoms with E-state index in [9.17, 15) is 5.26 Å². The van der Waals surface area contributed by atoms with Gasteiger partial charge in [-0.25, -0.2) is 0 Å². The second-order valence-electron chi connectivity index (χ2n) is 5.22. The minimum atomic E-state index is 0.0418. The van der Waals surface area contributed by atoms with Crippen molar-refractivity contribution in [3.05, 3.63) is 0 Å². The van der Waals surface area contributed by atoms with Gasteiger partial charge in [-0.1, -0.05) is 27.2 Å². The minimum Gasteiger partial charge on any atom is -0.198 e. The van der Waals surface area contributed by atoms with Crippen LogP contribution in [0, 0.1) is 28.6 Å². The van der Waals surface area contributed by atoms with Gasteiger partial charge in [0.1, 0.15) is 0 Å². The highest BCUT2D eigenvalue weighted by atomic mass is 14.4. The van der Waals surface area contributed by atoms with Gasteiger partial charge in [-0.3, -0.25) is 0 Å². The maximum Gasteiger partial charge on any atom is 0.0689 e. The van der Waals surface area contributed by atoms with E-state index >= 15 is 0 Å². The lowest BCUT2D eigenvalue weighted by Crippen LogP contribution is -2.27. The van der Waals surface area contributed by atoms with Gasteiger partial charge in [0.2, 0.25) is 0 Å². The maximum atomic E-state index is 9.25. The third-order valence-electron chi connectivity index (χ3n) is 3.90. The van der Waals surface area contributed by atoms with Crippen LogP contribution in [-0.2, 0) is 0 Å². The third kappa shape index (κ3) is 2.50. The van der Waals surface area contributed by atoms with Gasteiger partial charge in [-0.2, -0.15) is 5.26 Å². The smallest absolute Gasteiger partial charge is 0.0689 e. The molecule has 1 heteroatoms. The molecule has 0 aliphatic heterocycles. The molecule has 1 nitrogen and oxygen atoms in total. The Bertz CT molecular complexity index is 204. The molecule has 0 bridgehead atoms. The summed E-state index contributed by atoms with van der Waals surface area (Å²) in [6.45, 7) is 6.81. The first-order valence-corrected chi connectivity index (χ1v) is 6.05. The summed E-state index contributed by atoms with van der Waals surface area (Å²) < 4.78 is 0. The van der Waals surface area contributed by atoms with Crippen LogP contribution in [-0.4, -0.2) is 0 Å². The average molecular weight is 193 g/mol. The zero-order chi connectivity index (χ0) is 10.6. The summed E-state index contributed by atoms with van der Waals surface area (Å²) in [6, 6.07) is 2.58. The fraction of sp³-hybridized carbons (Fsp3) is 0.923. The lowest BCUT2D eigenvalue weighted by Gasteiger charge is -2.36. The predicted octanol–water partition coefficient (Wildman–Crippen LogP) is 4.14. The summed E-state index contributed by atoms with van der Waals surface area (Å²) in [5, 5.41) is 9.25. The molecule has 1 aliphatic carbocycles. The molecule has 0 N–H and O–H groups in total. The van der Waals surface area contributed by atoms with E-state index in [1.807, 2.05) is 0 Å². The van der Waals surface area contributed by atoms with Crippen LogP contribution in [0.4, 0.5) is 0 Å². The van der Waals surface area contributed by atoms with Crippen molar-refractivity contribution in [3.8, 4) is 6.07 Å². The van der Waals surface area contributed by atoms with Gasteiger partial charge in [-0.15, -0.1) is 0 Å². The van der Waals surface area contributed by atoms with Gasteiger partial charge >= 0.3 is 0 Å². The molecule has 0 saturated heterocycles. The molecule has 0 aromatic heterocycles. The molecule has 0 atom stereocenters. The van der Waals surface area contributed by atoms with E-state index in [0.717, 1.165) is 37.5 Å². The summed E-state index contributed by atoms with van der Waals surface area (Å²) in [7, 11) is 0. The van der Waals surface area contributed by atoms with Crippen molar-refractivity contribution in [2.24, 2.45) is 17.3 Å². The van der Waals surface area contributed by atoms with Crippen molar-refractivity contribution in [2.75, 3.05) is 0 Å². The largest absolute Gasteiger partial charge is 0.198 e. The first kappa shape index (κ1) is 11.6. The van der Waals surface area contributed by atoms with E-state index in [1.165, 1.54) is 12.8 Å². The van der Waals surface area contributed by atoms with Crippen LogP contribution in [0.25, 0.3) is 0 Å². The van der Waals surface area contributed by atoms with Crippen LogP contribution in [0.5, 0.6) is 0 Å². The van der Waals surface area contributed by atoms with Crippen LogP contribution in [0.2, 0.25) is 0 Å². The van der Waals surface area contributed by atoms with Gasteiger partial charge in [0, 0.05) is 0 Å². The van der Waals surface area contributed by atoms with Crippen molar-refractivity contribution in [1.29, 1.82) is 5.26 Å². The van der Waals surface area contributed by atoms with Crippen molar-refractivity contribution >= 4 is 0 Å². The topological polar surface area (TPSA) is 23.8 Å². The molecular formula is C13H23N. The number of nitriles is 1. The van der Waals surface area contributed by atoms with Crippen LogP contribution < -0.4 is 0 Å². The Hall–Kier alpha value is -0.510. The first-order valence-electron chi connectivity index (χ1n) is 6.05. The highest BCUT2D eigenvalue weighted by Crippen LogP contribution is 2.43. The molecule has 0 heterocycles. The molecule has 0 spiro atoms. The second-order valence-corrected chi connectivity index (χ2v) is 5.22. The molecule has 14 heavy (non-hydrogen) atoms. The Balaban J connectivity index is 2.51. The maximum absolute atomic E-state index is 9.25. The van der Waals surface area contributed by atoms with E-state index in [-0.39, 0.29) is 5.41 Å². The van der Waals surface area contributed by atoms with E-state index in [2.05, 4.69) is 26.8 Å². The van der Waals surface area contributed by atoms with Crippen molar-refractivity contribution in [2.45, 2.75) is 59.3 Å². The predicted molar refractivity (Wildman–Crippen MR) is 59.8 cm³/mol. The van der Waals surface area contributed by atoms with Crippen LogP contribution >= 0.6 is 0 Å². The van der Waals surface area contributed by atoms with Gasteiger partial charge < -0.3 is 0 Å². The number of rotatable bonds is 3. The molecule has 80 valence electrons. The van der Waals surface area contributed by atoms with Crippen molar-refractivity contribution in [1.82, 2.24) is 0 Å². The van der Waals surface area contributed by atoms with Gasteiger partial charge in [0.15, 0.2) is 0 Å². The van der Waals surface area contributed by atoms with E-state index in [4.69, 9.17) is 0 Å². The van der Waals surface area contributed by atoms with Crippen molar-refractivity contribution in [3.63, 3.8) is 0 Å². The molecule has 0 unspecified atom stereocenters. The van der Waals surface area contributed by atoms with E-state index in [0.29, 0.717) is 0 Å². The Morgan fingerprint density at radius 3 is 2.29 bits per heavy atom. The van der Waals surface area contributed by atoms with Crippen LogP contribution in [0.1, 0.15) is 59.3 Å². The number of hydrogen-bond acceptors (Lipinski definition) is 1. The Morgan fingerprint density at radius 2 is 1.93 bits per heavy atom. The molecule has 1 aliphatic rings. The second kappa shape index (κ2) is 4.82. The van der Waals surface area contributed by atoms with Gasteiger partial charge in [-0.05, 0) is 43.9 Å². The standard InChI is InChI=1S/C13H23N/c1-4-7-13(10-14)8-5-12(6-9-13)11(2)3/h11-12H,4-9H2,1-3H3. The van der Waals surface area contributed by atoms with Crippen LogP contribution in [0.3, 0.4) is 0 Å². The zero-order valence-electron chi connectivity index (χ0n) is 9.84. The Morgan fingerprint density at radius 1 is 1.36 bits per heavy atom. The zero-order valence-corrected chi connectivity index (χ0v) is 9.84.